The predicted molar refractivity (Wildman–Crippen MR) is 106 cm³/mol. The smallest absolute Gasteiger partial charge is 0.321 e. The predicted octanol–water partition coefficient (Wildman–Crippen LogP) is 4.68. The second kappa shape index (κ2) is 8.38. The highest BCUT2D eigenvalue weighted by atomic mass is 35.5. The van der Waals surface area contributed by atoms with Crippen molar-refractivity contribution in [1.82, 2.24) is 9.78 Å². The Labute approximate surface area is 171 Å². The van der Waals surface area contributed by atoms with E-state index in [0.29, 0.717) is 22.2 Å². The third kappa shape index (κ3) is 5.24. The molecule has 10 heteroatoms. The van der Waals surface area contributed by atoms with E-state index in [1.165, 1.54) is 30.5 Å². The topological polar surface area (TPSA) is 64.0 Å². The molecule has 29 heavy (non-hydrogen) atoms. The van der Waals surface area contributed by atoms with Crippen LogP contribution in [0.25, 0.3) is 5.69 Å². The van der Waals surface area contributed by atoms with Crippen molar-refractivity contribution < 1.29 is 22.2 Å². The summed E-state index contributed by atoms with van der Waals surface area (Å²) in [6, 6.07) is 11.8. The molecule has 1 amide bonds. The van der Waals surface area contributed by atoms with Gasteiger partial charge in [-0.3, -0.25) is 9.00 Å². The van der Waals surface area contributed by atoms with E-state index in [4.69, 9.17) is 11.6 Å². The van der Waals surface area contributed by atoms with Crippen molar-refractivity contribution >= 4 is 34.0 Å². The molecule has 0 aliphatic carbocycles. The van der Waals surface area contributed by atoms with Crippen LogP contribution in [0.15, 0.2) is 54.7 Å². The fourth-order valence-corrected chi connectivity index (χ4v) is 3.39. The van der Waals surface area contributed by atoms with Gasteiger partial charge in [0.2, 0.25) is 0 Å². The van der Waals surface area contributed by atoms with Crippen LogP contribution < -0.4 is 5.32 Å². The molecule has 0 saturated heterocycles. The Morgan fingerprint density at radius 2 is 1.86 bits per heavy atom. The molecule has 152 valence electrons. The maximum atomic E-state index is 12.7. The van der Waals surface area contributed by atoms with E-state index in [2.05, 4.69) is 10.4 Å². The number of amides is 1. The lowest BCUT2D eigenvalue weighted by molar-refractivity contribution is -0.141. The highest BCUT2D eigenvalue weighted by Gasteiger charge is 2.33. The number of aromatic nitrogens is 2. The summed E-state index contributed by atoms with van der Waals surface area (Å²) in [5, 5.41) is 6.50. The minimum absolute atomic E-state index is 0.289. The molecule has 0 aliphatic rings. The summed E-state index contributed by atoms with van der Waals surface area (Å²) in [5.74, 6) is -0.108. The number of carbonyl (C=O) groups excluding carboxylic acids is 1. The van der Waals surface area contributed by atoms with E-state index >= 15 is 0 Å². The van der Waals surface area contributed by atoms with Crippen molar-refractivity contribution in [2.45, 2.75) is 11.9 Å². The van der Waals surface area contributed by atoms with E-state index < -0.39 is 28.6 Å². The molecular weight excluding hydrogens is 427 g/mol. The average Bonchev–Trinajstić information content (AvgIpc) is 3.15. The van der Waals surface area contributed by atoms with Crippen molar-refractivity contribution in [3.05, 3.63) is 76.6 Å². The van der Waals surface area contributed by atoms with Gasteiger partial charge < -0.3 is 5.32 Å². The Balaban J connectivity index is 1.76. The van der Waals surface area contributed by atoms with Gasteiger partial charge in [0.1, 0.15) is 0 Å². The van der Waals surface area contributed by atoms with Gasteiger partial charge in [0.15, 0.2) is 5.69 Å². The third-order valence-corrected chi connectivity index (χ3v) is 4.99. The first-order valence-corrected chi connectivity index (χ1v) is 10.4. The molecule has 3 rings (SSSR count). The van der Waals surface area contributed by atoms with E-state index in [-0.39, 0.29) is 5.56 Å². The molecule has 5 nitrogen and oxygen atoms in total. The van der Waals surface area contributed by atoms with Gasteiger partial charge in [-0.1, -0.05) is 17.7 Å². The van der Waals surface area contributed by atoms with Crippen molar-refractivity contribution in [3.63, 3.8) is 0 Å². The zero-order valence-electron chi connectivity index (χ0n) is 15.0. The van der Waals surface area contributed by atoms with E-state index in [0.717, 1.165) is 16.3 Å². The number of benzene rings is 2. The van der Waals surface area contributed by atoms with Crippen LogP contribution in [0, 0.1) is 0 Å². The summed E-state index contributed by atoms with van der Waals surface area (Å²) in [7, 11) is -1.04. The van der Waals surface area contributed by atoms with Crippen molar-refractivity contribution in [3.8, 4) is 5.69 Å². The van der Waals surface area contributed by atoms with Gasteiger partial charge in [0.05, 0.1) is 16.4 Å². The van der Waals surface area contributed by atoms with Gasteiger partial charge in [-0.25, -0.2) is 4.68 Å². The monoisotopic (exact) mass is 441 g/mol. The molecule has 1 heterocycles. The van der Waals surface area contributed by atoms with E-state index in [9.17, 15) is 22.2 Å². The van der Waals surface area contributed by atoms with Gasteiger partial charge in [-0.2, -0.15) is 18.3 Å². The second-order valence-corrected chi connectivity index (χ2v) is 8.02. The molecule has 0 spiro atoms. The quantitative estimate of drug-likeness (QED) is 0.625. The largest absolute Gasteiger partial charge is 0.435 e. The molecule has 0 bridgehead atoms. The normalized spacial score (nSPS) is 12.6. The van der Waals surface area contributed by atoms with Crippen LogP contribution >= 0.6 is 11.6 Å². The molecule has 1 unspecified atom stereocenters. The Morgan fingerprint density at radius 3 is 2.45 bits per heavy atom. The van der Waals surface area contributed by atoms with E-state index in [1.807, 2.05) is 0 Å². The highest BCUT2D eigenvalue weighted by Crippen LogP contribution is 2.28. The maximum Gasteiger partial charge on any atom is 0.435 e. The molecule has 1 N–H and O–H groups in total. The van der Waals surface area contributed by atoms with Gasteiger partial charge in [0.25, 0.3) is 5.91 Å². The summed E-state index contributed by atoms with van der Waals surface area (Å²) < 4.78 is 50.5. The number of nitrogens with one attached hydrogen (secondary N) is 1. The number of nitrogens with zero attached hydrogens (tertiary/aromatic N) is 2. The van der Waals surface area contributed by atoms with Crippen molar-refractivity contribution in [2.75, 3.05) is 11.6 Å². The summed E-state index contributed by atoms with van der Waals surface area (Å²) in [6.07, 6.45) is -1.75. The fourth-order valence-electron chi connectivity index (χ4n) is 2.57. The number of hydrogen-bond acceptors (Lipinski definition) is 3. The summed E-state index contributed by atoms with van der Waals surface area (Å²) >= 11 is 6.11. The van der Waals surface area contributed by atoms with Crippen LogP contribution in [0.3, 0.4) is 0 Å². The van der Waals surface area contributed by atoms with Crippen LogP contribution in [0.4, 0.5) is 18.9 Å². The molecule has 1 atom stereocenters. The molecule has 0 saturated carbocycles. The van der Waals surface area contributed by atoms with Gasteiger partial charge in [-0.15, -0.1) is 0 Å². The standard InChI is InChI=1S/C19H15ClF3N3O2S/c1-29(28)11-12-2-7-15(20)16(10-12)24-18(27)13-3-5-14(6-4-13)26-9-8-17(25-26)19(21,22)23/h2-10H,11H2,1H3,(H,24,27). The molecular formula is C19H15ClF3N3O2S. The highest BCUT2D eigenvalue weighted by molar-refractivity contribution is 7.83. The zero-order valence-corrected chi connectivity index (χ0v) is 16.6. The summed E-state index contributed by atoms with van der Waals surface area (Å²) in [4.78, 5) is 12.5. The Bertz CT molecular complexity index is 1070. The minimum Gasteiger partial charge on any atom is -0.321 e. The van der Waals surface area contributed by atoms with Gasteiger partial charge in [-0.05, 0) is 48.0 Å². The molecule has 0 fully saturated rings. The number of anilines is 1. The van der Waals surface area contributed by atoms with Crippen LogP contribution in [0.2, 0.25) is 5.02 Å². The van der Waals surface area contributed by atoms with Crippen LogP contribution in [0.1, 0.15) is 21.6 Å². The average molecular weight is 442 g/mol. The first-order chi connectivity index (χ1) is 13.6. The number of rotatable bonds is 5. The zero-order chi connectivity index (χ0) is 21.2. The Hall–Kier alpha value is -2.65. The van der Waals surface area contributed by atoms with Crippen molar-refractivity contribution in [2.24, 2.45) is 0 Å². The Kier molecular flexibility index (Phi) is 6.09. The lowest BCUT2D eigenvalue weighted by Crippen LogP contribution is -2.13. The van der Waals surface area contributed by atoms with Crippen LogP contribution in [-0.4, -0.2) is 26.2 Å². The number of carbonyl (C=O) groups is 1. The van der Waals surface area contributed by atoms with Crippen LogP contribution in [0.5, 0.6) is 0 Å². The van der Waals surface area contributed by atoms with E-state index in [1.54, 1.807) is 24.5 Å². The molecule has 0 aliphatic heterocycles. The third-order valence-electron chi connectivity index (χ3n) is 3.92. The van der Waals surface area contributed by atoms with Crippen LogP contribution in [-0.2, 0) is 22.7 Å². The molecule has 0 radical (unpaired) electrons. The number of hydrogen-bond donors (Lipinski definition) is 1. The summed E-state index contributed by atoms with van der Waals surface area (Å²) in [6.45, 7) is 0. The minimum atomic E-state index is -4.52. The molecule has 2 aromatic carbocycles. The first-order valence-electron chi connectivity index (χ1n) is 8.26. The Morgan fingerprint density at radius 1 is 1.17 bits per heavy atom. The lowest BCUT2D eigenvalue weighted by Gasteiger charge is -2.10. The second-order valence-electron chi connectivity index (χ2n) is 6.18. The first kappa shape index (κ1) is 21.1. The SMILES string of the molecule is CS(=O)Cc1ccc(Cl)c(NC(=O)c2ccc(-n3ccc(C(F)(F)F)n3)cc2)c1. The summed E-state index contributed by atoms with van der Waals surface area (Å²) in [5.41, 5.74) is 0.812. The number of alkyl halides is 3. The maximum absolute atomic E-state index is 12.7. The van der Waals surface area contributed by atoms with Gasteiger partial charge in [0, 0.05) is 34.6 Å². The lowest BCUT2D eigenvalue weighted by atomic mass is 10.1. The van der Waals surface area contributed by atoms with Gasteiger partial charge >= 0.3 is 6.18 Å². The fraction of sp³-hybridized carbons (Fsp3) is 0.158. The molecule has 3 aromatic rings. The number of halogens is 4. The molecule has 1 aromatic heterocycles. The van der Waals surface area contributed by atoms with Crippen molar-refractivity contribution in [1.29, 1.82) is 0 Å².